The number of halogens is 1. The number of nitrogens with zero attached hydrogens (tertiary/aromatic N) is 1. The van der Waals surface area contributed by atoms with Gasteiger partial charge in [-0.1, -0.05) is 18.6 Å². The summed E-state index contributed by atoms with van der Waals surface area (Å²) in [4.78, 5) is 2.48. The maximum atomic E-state index is 13.3. The summed E-state index contributed by atoms with van der Waals surface area (Å²) in [6, 6.07) is 6.99. The molecule has 3 heteroatoms. The molecule has 110 valence electrons. The molecule has 2 nitrogen and oxygen atoms in total. The number of hydrogen-bond donors (Lipinski definition) is 0. The third-order valence-electron chi connectivity index (χ3n) is 5.09. The summed E-state index contributed by atoms with van der Waals surface area (Å²) in [6.45, 7) is 3.08. The van der Waals surface area contributed by atoms with E-state index in [0.717, 1.165) is 25.2 Å². The molecule has 3 rings (SSSR count). The summed E-state index contributed by atoms with van der Waals surface area (Å²) < 4.78 is 19.0. The van der Waals surface area contributed by atoms with Crippen LogP contribution in [0.25, 0.3) is 0 Å². The second kappa shape index (κ2) is 5.82. The van der Waals surface area contributed by atoms with Crippen molar-refractivity contribution < 1.29 is 9.13 Å². The minimum Gasteiger partial charge on any atom is -0.381 e. The van der Waals surface area contributed by atoms with E-state index < -0.39 is 0 Å². The molecule has 0 N–H and O–H groups in total. The normalized spacial score (nSPS) is 31.0. The van der Waals surface area contributed by atoms with Crippen molar-refractivity contribution in [3.8, 4) is 0 Å². The molecule has 2 atom stereocenters. The first-order valence-electron chi connectivity index (χ1n) is 7.71. The largest absolute Gasteiger partial charge is 0.381 e. The highest BCUT2D eigenvalue weighted by atomic mass is 19.1. The molecule has 1 aromatic carbocycles. The molecule has 1 aromatic rings. The Morgan fingerprint density at radius 1 is 1.35 bits per heavy atom. The molecule has 1 saturated heterocycles. The van der Waals surface area contributed by atoms with Gasteiger partial charge in [-0.3, -0.25) is 4.90 Å². The highest BCUT2D eigenvalue weighted by molar-refractivity contribution is 5.16. The van der Waals surface area contributed by atoms with E-state index in [4.69, 9.17) is 4.74 Å². The van der Waals surface area contributed by atoms with Crippen LogP contribution in [0, 0.1) is 11.2 Å². The fourth-order valence-corrected chi connectivity index (χ4v) is 4.23. The van der Waals surface area contributed by atoms with Crippen LogP contribution in [0.15, 0.2) is 24.3 Å². The molecule has 1 aliphatic heterocycles. The number of likely N-dealkylation sites (tertiary alicyclic amines) is 1. The number of ether oxygens (including phenoxy) is 1. The lowest BCUT2D eigenvalue weighted by Gasteiger charge is -2.43. The zero-order chi connectivity index (χ0) is 14.0. The van der Waals surface area contributed by atoms with Crippen molar-refractivity contribution in [2.24, 2.45) is 5.41 Å². The first kappa shape index (κ1) is 14.0. The van der Waals surface area contributed by atoms with Crippen LogP contribution < -0.4 is 0 Å². The molecule has 0 amide bonds. The highest BCUT2D eigenvalue weighted by Crippen LogP contribution is 2.46. The van der Waals surface area contributed by atoms with Crippen molar-refractivity contribution in [3.63, 3.8) is 0 Å². The summed E-state index contributed by atoms with van der Waals surface area (Å²) in [5, 5.41) is 0. The highest BCUT2D eigenvalue weighted by Gasteiger charge is 2.45. The summed E-state index contributed by atoms with van der Waals surface area (Å²) in [7, 11) is 1.85. The predicted molar refractivity (Wildman–Crippen MR) is 78.0 cm³/mol. The smallest absolute Gasteiger partial charge is 0.123 e. The topological polar surface area (TPSA) is 12.5 Å². The Kier molecular flexibility index (Phi) is 4.08. The van der Waals surface area contributed by atoms with Gasteiger partial charge in [-0.15, -0.1) is 0 Å². The van der Waals surface area contributed by atoms with E-state index in [1.807, 2.05) is 13.2 Å². The Balaban J connectivity index is 1.69. The van der Waals surface area contributed by atoms with Gasteiger partial charge in [0.2, 0.25) is 0 Å². The Hall–Kier alpha value is -0.930. The number of piperidine rings is 1. The van der Waals surface area contributed by atoms with Crippen molar-refractivity contribution in [1.29, 1.82) is 0 Å². The first-order valence-corrected chi connectivity index (χ1v) is 7.71. The summed E-state index contributed by atoms with van der Waals surface area (Å²) in [5.74, 6) is -0.134. The maximum absolute atomic E-state index is 13.3. The van der Waals surface area contributed by atoms with Crippen LogP contribution >= 0.6 is 0 Å². The number of rotatable bonds is 3. The summed E-state index contributed by atoms with van der Waals surface area (Å²) in [6.07, 6.45) is 6.69. The van der Waals surface area contributed by atoms with E-state index in [0.29, 0.717) is 11.5 Å². The van der Waals surface area contributed by atoms with E-state index in [1.54, 1.807) is 12.1 Å². The van der Waals surface area contributed by atoms with Gasteiger partial charge in [0.15, 0.2) is 0 Å². The van der Waals surface area contributed by atoms with Crippen molar-refractivity contribution in [3.05, 3.63) is 35.6 Å². The molecule has 0 aromatic heterocycles. The quantitative estimate of drug-likeness (QED) is 0.837. The van der Waals surface area contributed by atoms with E-state index in [-0.39, 0.29) is 5.82 Å². The van der Waals surface area contributed by atoms with Crippen LogP contribution in [0.5, 0.6) is 0 Å². The average Bonchev–Trinajstić information content (AvgIpc) is 2.81. The average molecular weight is 277 g/mol. The standard InChI is InChI=1S/C17H24FNO/c1-20-16-7-3-8-17(16)9-4-10-19(13-17)12-14-5-2-6-15(18)11-14/h2,5-6,11,16H,3-4,7-10,12-13H2,1H3/t16-,17+/m1/s1. The van der Waals surface area contributed by atoms with Crippen LogP contribution in [0.2, 0.25) is 0 Å². The molecule has 0 radical (unpaired) electrons. The minimum atomic E-state index is -0.134. The molecule has 2 fully saturated rings. The van der Waals surface area contributed by atoms with Gasteiger partial charge in [-0.05, 0) is 49.9 Å². The van der Waals surface area contributed by atoms with Gasteiger partial charge >= 0.3 is 0 Å². The third-order valence-corrected chi connectivity index (χ3v) is 5.09. The first-order chi connectivity index (χ1) is 9.72. The van der Waals surface area contributed by atoms with Crippen LogP contribution in [-0.2, 0) is 11.3 Å². The van der Waals surface area contributed by atoms with Gasteiger partial charge in [0.25, 0.3) is 0 Å². The van der Waals surface area contributed by atoms with Gasteiger partial charge in [0, 0.05) is 25.6 Å². The fourth-order valence-electron chi connectivity index (χ4n) is 4.23. The van der Waals surface area contributed by atoms with E-state index in [1.165, 1.54) is 38.2 Å². The lowest BCUT2D eigenvalue weighted by atomic mass is 9.76. The molecule has 2 aliphatic rings. The van der Waals surface area contributed by atoms with Crippen LogP contribution in [0.4, 0.5) is 4.39 Å². The van der Waals surface area contributed by atoms with E-state index in [2.05, 4.69) is 4.90 Å². The second-order valence-corrected chi connectivity index (χ2v) is 6.42. The monoisotopic (exact) mass is 277 g/mol. The molecule has 0 unspecified atom stereocenters. The van der Waals surface area contributed by atoms with Gasteiger partial charge in [0.1, 0.15) is 5.82 Å². The number of methoxy groups -OCH3 is 1. The van der Waals surface area contributed by atoms with Gasteiger partial charge in [-0.2, -0.15) is 0 Å². The van der Waals surface area contributed by atoms with Crippen molar-refractivity contribution in [1.82, 2.24) is 4.90 Å². The molecule has 1 spiro atoms. The zero-order valence-corrected chi connectivity index (χ0v) is 12.3. The molecule has 1 aliphatic carbocycles. The van der Waals surface area contributed by atoms with Gasteiger partial charge in [-0.25, -0.2) is 4.39 Å². The lowest BCUT2D eigenvalue weighted by molar-refractivity contribution is -0.0366. The third kappa shape index (κ3) is 2.75. The number of hydrogen-bond acceptors (Lipinski definition) is 2. The SMILES string of the molecule is CO[C@@H]1CCC[C@@]12CCCN(Cc1cccc(F)c1)C2. The van der Waals surface area contributed by atoms with Crippen LogP contribution in [0.3, 0.4) is 0 Å². The van der Waals surface area contributed by atoms with E-state index >= 15 is 0 Å². The Labute approximate surface area is 120 Å². The predicted octanol–water partition coefficient (Wildman–Crippen LogP) is 3.61. The summed E-state index contributed by atoms with van der Waals surface area (Å²) in [5.41, 5.74) is 1.43. The molecule has 0 bridgehead atoms. The Morgan fingerprint density at radius 2 is 2.20 bits per heavy atom. The van der Waals surface area contributed by atoms with Gasteiger partial charge < -0.3 is 4.74 Å². The molecule has 1 saturated carbocycles. The van der Waals surface area contributed by atoms with Crippen molar-refractivity contribution >= 4 is 0 Å². The Morgan fingerprint density at radius 3 is 3.00 bits per heavy atom. The van der Waals surface area contributed by atoms with Crippen LogP contribution in [0.1, 0.15) is 37.7 Å². The molecule has 20 heavy (non-hydrogen) atoms. The fraction of sp³-hybridized carbons (Fsp3) is 0.647. The van der Waals surface area contributed by atoms with Crippen molar-refractivity contribution in [2.45, 2.75) is 44.8 Å². The number of benzene rings is 1. The maximum Gasteiger partial charge on any atom is 0.123 e. The van der Waals surface area contributed by atoms with Crippen LogP contribution in [-0.4, -0.2) is 31.2 Å². The molecular weight excluding hydrogens is 253 g/mol. The second-order valence-electron chi connectivity index (χ2n) is 6.42. The summed E-state index contributed by atoms with van der Waals surface area (Å²) >= 11 is 0. The van der Waals surface area contributed by atoms with Gasteiger partial charge in [0.05, 0.1) is 6.10 Å². The molecular formula is C17H24FNO. The zero-order valence-electron chi connectivity index (χ0n) is 12.3. The van der Waals surface area contributed by atoms with Crippen molar-refractivity contribution in [2.75, 3.05) is 20.2 Å². The Bertz CT molecular complexity index is 464. The minimum absolute atomic E-state index is 0.134. The molecule has 1 heterocycles. The van der Waals surface area contributed by atoms with E-state index in [9.17, 15) is 4.39 Å². The lowest BCUT2D eigenvalue weighted by Crippen LogP contribution is -2.47.